The molecule has 0 aromatic heterocycles. The Kier molecular flexibility index (Phi) is 4.99. The van der Waals surface area contributed by atoms with Gasteiger partial charge >= 0.3 is 12.1 Å². The molecule has 0 aliphatic carbocycles. The summed E-state index contributed by atoms with van der Waals surface area (Å²) in [5.74, 6) is -2.70. The van der Waals surface area contributed by atoms with Crippen molar-refractivity contribution >= 4 is 23.9 Å². The monoisotopic (exact) mass is 394 g/mol. The second kappa shape index (κ2) is 7.75. The molecule has 8 heteroatoms. The smallest absolute Gasteiger partial charge is 0.410 e. The summed E-state index contributed by atoms with van der Waals surface area (Å²) in [5, 5.41) is 0.489. The minimum Gasteiger partial charge on any atom is -0.445 e. The summed E-state index contributed by atoms with van der Waals surface area (Å²) in [6.07, 6.45) is -0.160. The molecule has 0 N–H and O–H groups in total. The average molecular weight is 394 g/mol. The second-order valence-electron chi connectivity index (χ2n) is 6.83. The van der Waals surface area contributed by atoms with E-state index in [9.17, 15) is 19.2 Å². The van der Waals surface area contributed by atoms with Gasteiger partial charge in [-0.15, -0.1) is 0 Å². The van der Waals surface area contributed by atoms with Crippen LogP contribution in [0.4, 0.5) is 4.79 Å². The lowest BCUT2D eigenvalue weighted by molar-refractivity contribution is -0.173. The van der Waals surface area contributed by atoms with Crippen LogP contribution in [0.5, 0.6) is 0 Å². The van der Waals surface area contributed by atoms with Crippen LogP contribution in [0.1, 0.15) is 32.7 Å². The lowest BCUT2D eigenvalue weighted by atomic mass is 10.1. The molecular formula is C21H18N2O6. The fourth-order valence-corrected chi connectivity index (χ4v) is 3.34. The number of fused-ring (bicyclic) bond motifs is 1. The van der Waals surface area contributed by atoms with Gasteiger partial charge in [-0.25, -0.2) is 9.59 Å². The molecule has 4 rings (SSSR count). The summed E-state index contributed by atoms with van der Waals surface area (Å²) in [6, 6.07) is 15.5. The van der Waals surface area contributed by atoms with Gasteiger partial charge in [-0.2, -0.15) is 0 Å². The molecule has 3 amide bonds. The third kappa shape index (κ3) is 3.69. The SMILES string of the molecule is O=C(ON1C(=O)c2ccccc2C1=O)C1CCN(C(=O)OCc2ccccc2)C1. The minimum atomic E-state index is -0.724. The van der Waals surface area contributed by atoms with Gasteiger partial charge in [0, 0.05) is 13.1 Å². The molecule has 2 aromatic rings. The van der Waals surface area contributed by atoms with Crippen molar-refractivity contribution in [3.63, 3.8) is 0 Å². The van der Waals surface area contributed by atoms with Gasteiger partial charge in [0.05, 0.1) is 17.0 Å². The molecule has 8 nitrogen and oxygen atoms in total. The predicted octanol–water partition coefficient (Wildman–Crippen LogP) is 2.40. The Morgan fingerprint density at radius 2 is 1.55 bits per heavy atom. The number of nitrogens with zero attached hydrogens (tertiary/aromatic N) is 2. The number of benzene rings is 2. The van der Waals surface area contributed by atoms with Crippen LogP contribution in [0.3, 0.4) is 0 Å². The van der Waals surface area contributed by atoms with Gasteiger partial charge in [-0.3, -0.25) is 9.59 Å². The molecule has 0 bridgehead atoms. The Morgan fingerprint density at radius 3 is 2.21 bits per heavy atom. The van der Waals surface area contributed by atoms with E-state index in [1.807, 2.05) is 30.3 Å². The number of ether oxygens (including phenoxy) is 1. The number of hydrogen-bond acceptors (Lipinski definition) is 6. The van der Waals surface area contributed by atoms with E-state index in [-0.39, 0.29) is 24.3 Å². The van der Waals surface area contributed by atoms with Gasteiger partial charge in [-0.1, -0.05) is 47.5 Å². The molecule has 1 fully saturated rings. The number of carbonyl (C=O) groups is 4. The minimum absolute atomic E-state index is 0.107. The summed E-state index contributed by atoms with van der Waals surface area (Å²) in [7, 11) is 0. The highest BCUT2D eigenvalue weighted by Gasteiger charge is 2.41. The molecular weight excluding hydrogens is 376 g/mol. The summed E-state index contributed by atoms with van der Waals surface area (Å²) in [6.45, 7) is 0.575. The highest BCUT2D eigenvalue weighted by Crippen LogP contribution is 2.25. The van der Waals surface area contributed by atoms with Crippen molar-refractivity contribution < 1.29 is 28.8 Å². The lowest BCUT2D eigenvalue weighted by Gasteiger charge is -2.17. The van der Waals surface area contributed by atoms with Gasteiger partial charge < -0.3 is 14.5 Å². The molecule has 2 aliphatic rings. The molecule has 0 saturated carbocycles. The van der Waals surface area contributed by atoms with Gasteiger partial charge in [0.1, 0.15) is 6.61 Å². The first-order chi connectivity index (χ1) is 14.0. The van der Waals surface area contributed by atoms with E-state index >= 15 is 0 Å². The third-order valence-corrected chi connectivity index (χ3v) is 4.92. The van der Waals surface area contributed by atoms with Gasteiger partial charge in [-0.05, 0) is 24.1 Å². The van der Waals surface area contributed by atoms with Crippen molar-refractivity contribution in [1.29, 1.82) is 0 Å². The summed E-state index contributed by atoms with van der Waals surface area (Å²) < 4.78 is 5.27. The Balaban J connectivity index is 1.31. The van der Waals surface area contributed by atoms with Crippen molar-refractivity contribution in [3.8, 4) is 0 Å². The molecule has 1 atom stereocenters. The normalized spacial score (nSPS) is 18.0. The van der Waals surface area contributed by atoms with Crippen LogP contribution >= 0.6 is 0 Å². The first kappa shape index (κ1) is 18.7. The molecule has 1 unspecified atom stereocenters. The van der Waals surface area contributed by atoms with Crippen LogP contribution in [0.15, 0.2) is 54.6 Å². The first-order valence-corrected chi connectivity index (χ1v) is 9.20. The number of imide groups is 1. The largest absolute Gasteiger partial charge is 0.445 e. The lowest BCUT2D eigenvalue weighted by Crippen LogP contribution is -2.36. The van der Waals surface area contributed by atoms with Crippen molar-refractivity contribution in [3.05, 3.63) is 71.3 Å². The molecule has 148 valence electrons. The van der Waals surface area contributed by atoms with E-state index in [1.54, 1.807) is 12.1 Å². The zero-order valence-corrected chi connectivity index (χ0v) is 15.4. The van der Waals surface area contributed by atoms with E-state index in [2.05, 4.69) is 0 Å². The topological polar surface area (TPSA) is 93.2 Å². The molecule has 2 aromatic carbocycles. The van der Waals surface area contributed by atoms with Crippen LogP contribution in [0.2, 0.25) is 0 Å². The summed E-state index contributed by atoms with van der Waals surface area (Å²) in [4.78, 5) is 55.7. The van der Waals surface area contributed by atoms with Crippen molar-refractivity contribution in [1.82, 2.24) is 9.96 Å². The number of amides is 3. The fraction of sp³-hybridized carbons (Fsp3) is 0.238. The number of carbonyl (C=O) groups excluding carboxylic acids is 4. The van der Waals surface area contributed by atoms with E-state index < -0.39 is 29.8 Å². The van der Waals surface area contributed by atoms with E-state index in [0.717, 1.165) is 5.56 Å². The zero-order chi connectivity index (χ0) is 20.4. The van der Waals surface area contributed by atoms with E-state index in [4.69, 9.17) is 9.57 Å². The standard InChI is InChI=1S/C21H18N2O6/c24-18-16-8-4-5-9-17(16)19(25)23(18)29-20(26)15-10-11-22(12-15)21(27)28-13-14-6-2-1-3-7-14/h1-9,15H,10-13H2. The molecule has 2 aliphatic heterocycles. The number of rotatable bonds is 4. The molecule has 0 radical (unpaired) electrons. The summed E-state index contributed by atoms with van der Waals surface area (Å²) in [5.41, 5.74) is 1.26. The van der Waals surface area contributed by atoms with E-state index in [1.165, 1.54) is 17.0 Å². The van der Waals surface area contributed by atoms with Crippen LogP contribution in [0, 0.1) is 5.92 Å². The highest BCUT2D eigenvalue weighted by molar-refractivity contribution is 6.20. The second-order valence-corrected chi connectivity index (χ2v) is 6.83. The maximum absolute atomic E-state index is 12.4. The molecule has 0 spiro atoms. The van der Waals surface area contributed by atoms with Gasteiger partial charge in [0.15, 0.2) is 0 Å². The third-order valence-electron chi connectivity index (χ3n) is 4.92. The summed E-state index contributed by atoms with van der Waals surface area (Å²) >= 11 is 0. The van der Waals surface area contributed by atoms with Crippen molar-refractivity contribution in [2.45, 2.75) is 13.0 Å². The maximum atomic E-state index is 12.4. The average Bonchev–Trinajstić information content (AvgIpc) is 3.33. The Bertz CT molecular complexity index is 939. The number of hydroxylamine groups is 2. The first-order valence-electron chi connectivity index (χ1n) is 9.20. The molecule has 29 heavy (non-hydrogen) atoms. The van der Waals surface area contributed by atoms with E-state index in [0.29, 0.717) is 18.0 Å². The molecule has 2 heterocycles. The quantitative estimate of drug-likeness (QED) is 0.740. The predicted molar refractivity (Wildman–Crippen MR) is 99.3 cm³/mol. The zero-order valence-electron chi connectivity index (χ0n) is 15.4. The van der Waals surface area contributed by atoms with Gasteiger partial charge in [0.25, 0.3) is 11.8 Å². The molecule has 1 saturated heterocycles. The Labute approximate surface area is 166 Å². The number of hydrogen-bond donors (Lipinski definition) is 0. The van der Waals surface area contributed by atoms with Gasteiger partial charge in [0.2, 0.25) is 0 Å². The Hall–Kier alpha value is -3.68. The number of likely N-dealkylation sites (tertiary alicyclic amines) is 1. The van der Waals surface area contributed by atoms with Crippen molar-refractivity contribution in [2.75, 3.05) is 13.1 Å². The Morgan fingerprint density at radius 1 is 0.931 bits per heavy atom. The maximum Gasteiger partial charge on any atom is 0.410 e. The van der Waals surface area contributed by atoms with Crippen molar-refractivity contribution in [2.24, 2.45) is 5.92 Å². The highest BCUT2D eigenvalue weighted by atomic mass is 16.7. The van der Waals surface area contributed by atoms with Crippen LogP contribution in [-0.2, 0) is 21.0 Å². The fourth-order valence-electron chi connectivity index (χ4n) is 3.34. The van der Waals surface area contributed by atoms with Crippen LogP contribution < -0.4 is 0 Å². The van der Waals surface area contributed by atoms with Crippen LogP contribution in [-0.4, -0.2) is 46.9 Å². The van der Waals surface area contributed by atoms with Crippen LogP contribution in [0.25, 0.3) is 0 Å².